The molecular formula is C13H24N2S. The van der Waals surface area contributed by atoms with Gasteiger partial charge in [-0.3, -0.25) is 4.90 Å². The molecule has 0 aromatic carbocycles. The summed E-state index contributed by atoms with van der Waals surface area (Å²) < 4.78 is 0. The Morgan fingerprint density at radius 2 is 2.06 bits per heavy atom. The fraction of sp³-hybridized carbons (Fsp3) is 0.692. The Kier molecular flexibility index (Phi) is 4.53. The zero-order chi connectivity index (χ0) is 12.3. The van der Waals surface area contributed by atoms with E-state index in [-0.39, 0.29) is 5.54 Å². The Morgan fingerprint density at radius 1 is 1.44 bits per heavy atom. The minimum absolute atomic E-state index is 0.261. The average Bonchev–Trinajstić information content (AvgIpc) is 2.59. The third-order valence-electron chi connectivity index (χ3n) is 3.58. The van der Waals surface area contributed by atoms with E-state index >= 15 is 0 Å². The second-order valence-corrected chi connectivity index (χ2v) is 6.36. The molecule has 0 atom stereocenters. The molecule has 0 aliphatic rings. The molecule has 0 unspecified atom stereocenters. The molecule has 1 heterocycles. The Labute approximate surface area is 103 Å². The van der Waals surface area contributed by atoms with Crippen LogP contribution in [-0.2, 0) is 13.1 Å². The first-order valence-electron chi connectivity index (χ1n) is 5.90. The maximum Gasteiger partial charge on any atom is 0.0274 e. The molecular weight excluding hydrogens is 216 g/mol. The lowest BCUT2D eigenvalue weighted by atomic mass is 9.99. The summed E-state index contributed by atoms with van der Waals surface area (Å²) in [6.07, 6.45) is 1.16. The first-order valence-corrected chi connectivity index (χ1v) is 6.72. The lowest BCUT2D eigenvalue weighted by Gasteiger charge is -2.34. The first kappa shape index (κ1) is 13.7. The maximum absolute atomic E-state index is 5.67. The fourth-order valence-corrected chi connectivity index (χ4v) is 2.52. The number of rotatable bonds is 5. The van der Waals surface area contributed by atoms with Crippen molar-refractivity contribution in [3.05, 3.63) is 21.4 Å². The molecule has 0 amide bonds. The predicted molar refractivity (Wildman–Crippen MR) is 72.8 cm³/mol. The average molecular weight is 240 g/mol. The van der Waals surface area contributed by atoms with Gasteiger partial charge in [-0.2, -0.15) is 0 Å². The van der Waals surface area contributed by atoms with Crippen molar-refractivity contribution in [2.45, 2.75) is 52.7 Å². The Bertz CT molecular complexity index is 342. The van der Waals surface area contributed by atoms with Crippen molar-refractivity contribution in [2.24, 2.45) is 5.73 Å². The summed E-state index contributed by atoms with van der Waals surface area (Å²) in [5.41, 5.74) is 7.36. The van der Waals surface area contributed by atoms with E-state index in [0.29, 0.717) is 6.54 Å². The zero-order valence-electron chi connectivity index (χ0n) is 11.1. The van der Waals surface area contributed by atoms with Gasteiger partial charge in [0, 0.05) is 28.4 Å². The van der Waals surface area contributed by atoms with Gasteiger partial charge in [0.1, 0.15) is 0 Å². The molecule has 1 rings (SSSR count). The van der Waals surface area contributed by atoms with E-state index in [2.05, 4.69) is 45.7 Å². The monoisotopic (exact) mass is 240 g/mol. The van der Waals surface area contributed by atoms with Crippen LogP contribution in [0.5, 0.6) is 0 Å². The van der Waals surface area contributed by atoms with E-state index in [4.69, 9.17) is 5.73 Å². The zero-order valence-corrected chi connectivity index (χ0v) is 11.9. The van der Waals surface area contributed by atoms with Gasteiger partial charge in [0.05, 0.1) is 0 Å². The fourth-order valence-electron chi connectivity index (χ4n) is 1.58. The molecule has 1 aromatic rings. The van der Waals surface area contributed by atoms with Crippen LogP contribution >= 0.6 is 11.3 Å². The number of hydrogen-bond donors (Lipinski definition) is 1. The van der Waals surface area contributed by atoms with Gasteiger partial charge in [-0.05, 0) is 45.9 Å². The molecule has 2 N–H and O–H groups in total. The molecule has 2 nitrogen and oxygen atoms in total. The molecule has 0 fully saturated rings. The Morgan fingerprint density at radius 3 is 2.50 bits per heavy atom. The SMILES string of the molecule is CCC(C)(C)N(C)Cc1cc(CN)sc1C. The molecule has 0 bridgehead atoms. The van der Waals surface area contributed by atoms with Gasteiger partial charge >= 0.3 is 0 Å². The Hall–Kier alpha value is -0.380. The van der Waals surface area contributed by atoms with Gasteiger partial charge in [-0.15, -0.1) is 11.3 Å². The third kappa shape index (κ3) is 3.06. The van der Waals surface area contributed by atoms with E-state index < -0.39 is 0 Å². The third-order valence-corrected chi connectivity index (χ3v) is 4.69. The van der Waals surface area contributed by atoms with Gasteiger partial charge in [-0.25, -0.2) is 0 Å². The van der Waals surface area contributed by atoms with E-state index in [1.54, 1.807) is 0 Å². The molecule has 1 aromatic heterocycles. The van der Waals surface area contributed by atoms with Crippen LogP contribution in [0.25, 0.3) is 0 Å². The summed E-state index contributed by atoms with van der Waals surface area (Å²) in [6.45, 7) is 10.7. The highest BCUT2D eigenvalue weighted by molar-refractivity contribution is 7.12. The van der Waals surface area contributed by atoms with Crippen molar-refractivity contribution in [1.82, 2.24) is 4.90 Å². The molecule has 0 saturated carbocycles. The van der Waals surface area contributed by atoms with Crippen molar-refractivity contribution in [1.29, 1.82) is 0 Å². The minimum atomic E-state index is 0.261. The maximum atomic E-state index is 5.67. The van der Waals surface area contributed by atoms with E-state index in [1.807, 2.05) is 11.3 Å². The molecule has 0 aliphatic heterocycles. The second-order valence-electron chi connectivity index (χ2n) is 5.02. The molecule has 3 heteroatoms. The highest BCUT2D eigenvalue weighted by Gasteiger charge is 2.21. The largest absolute Gasteiger partial charge is 0.326 e. The number of nitrogens with two attached hydrogens (primary N) is 1. The molecule has 0 saturated heterocycles. The van der Waals surface area contributed by atoms with Gasteiger partial charge in [0.2, 0.25) is 0 Å². The van der Waals surface area contributed by atoms with Crippen LogP contribution in [0.3, 0.4) is 0 Å². The lowest BCUT2D eigenvalue weighted by Crippen LogP contribution is -2.39. The number of thiophene rings is 1. The van der Waals surface area contributed by atoms with Crippen molar-refractivity contribution in [3.63, 3.8) is 0 Å². The number of aryl methyl sites for hydroxylation is 1. The first-order chi connectivity index (χ1) is 7.40. The highest BCUT2D eigenvalue weighted by atomic mass is 32.1. The van der Waals surface area contributed by atoms with Gasteiger partial charge in [0.25, 0.3) is 0 Å². The van der Waals surface area contributed by atoms with Crippen molar-refractivity contribution < 1.29 is 0 Å². The van der Waals surface area contributed by atoms with Crippen LogP contribution in [0.1, 0.15) is 42.5 Å². The minimum Gasteiger partial charge on any atom is -0.326 e. The van der Waals surface area contributed by atoms with Crippen molar-refractivity contribution in [2.75, 3.05) is 7.05 Å². The topological polar surface area (TPSA) is 29.3 Å². The van der Waals surface area contributed by atoms with Crippen LogP contribution in [0.2, 0.25) is 0 Å². The van der Waals surface area contributed by atoms with E-state index in [9.17, 15) is 0 Å². The van der Waals surface area contributed by atoms with E-state index in [1.165, 1.54) is 15.3 Å². The van der Waals surface area contributed by atoms with Gasteiger partial charge in [0.15, 0.2) is 0 Å². The standard InChI is InChI=1S/C13H24N2S/c1-6-13(3,4)15(5)9-11-7-12(8-14)16-10(11)2/h7H,6,8-9,14H2,1-5H3. The van der Waals surface area contributed by atoms with Crippen LogP contribution in [0.4, 0.5) is 0 Å². The van der Waals surface area contributed by atoms with Crippen LogP contribution < -0.4 is 5.73 Å². The van der Waals surface area contributed by atoms with E-state index in [0.717, 1.165) is 13.0 Å². The summed E-state index contributed by atoms with van der Waals surface area (Å²) in [4.78, 5) is 5.11. The summed E-state index contributed by atoms with van der Waals surface area (Å²) in [7, 11) is 2.20. The van der Waals surface area contributed by atoms with Crippen LogP contribution in [0.15, 0.2) is 6.07 Å². The molecule has 0 spiro atoms. The number of nitrogens with zero attached hydrogens (tertiary/aromatic N) is 1. The highest BCUT2D eigenvalue weighted by Crippen LogP contribution is 2.25. The predicted octanol–water partition coefficient (Wildman–Crippen LogP) is 3.14. The van der Waals surface area contributed by atoms with Crippen molar-refractivity contribution in [3.8, 4) is 0 Å². The summed E-state index contributed by atoms with van der Waals surface area (Å²) in [5.74, 6) is 0. The van der Waals surface area contributed by atoms with Crippen LogP contribution in [0, 0.1) is 6.92 Å². The summed E-state index contributed by atoms with van der Waals surface area (Å²) >= 11 is 1.82. The molecule has 92 valence electrons. The van der Waals surface area contributed by atoms with Gasteiger partial charge < -0.3 is 5.73 Å². The van der Waals surface area contributed by atoms with Crippen LogP contribution in [-0.4, -0.2) is 17.5 Å². The summed E-state index contributed by atoms with van der Waals surface area (Å²) in [5, 5.41) is 0. The smallest absolute Gasteiger partial charge is 0.0274 e. The molecule has 16 heavy (non-hydrogen) atoms. The normalized spacial score (nSPS) is 12.4. The van der Waals surface area contributed by atoms with Crippen molar-refractivity contribution >= 4 is 11.3 Å². The number of hydrogen-bond acceptors (Lipinski definition) is 3. The quantitative estimate of drug-likeness (QED) is 0.857. The summed E-state index contributed by atoms with van der Waals surface area (Å²) in [6, 6.07) is 2.25. The molecule has 0 aliphatic carbocycles. The Balaban J connectivity index is 2.76. The van der Waals surface area contributed by atoms with Gasteiger partial charge in [-0.1, -0.05) is 6.92 Å². The second kappa shape index (κ2) is 5.30. The molecule has 0 radical (unpaired) electrons. The lowest BCUT2D eigenvalue weighted by molar-refractivity contribution is 0.143.